The van der Waals surface area contributed by atoms with E-state index < -0.39 is 0 Å². The molecule has 3 rings (SSSR count). The maximum absolute atomic E-state index is 13.4. The van der Waals surface area contributed by atoms with Crippen LogP contribution in [-0.2, 0) is 0 Å². The van der Waals surface area contributed by atoms with Gasteiger partial charge in [-0.3, -0.25) is 4.79 Å². The van der Waals surface area contributed by atoms with Crippen molar-refractivity contribution < 1.29 is 9.18 Å². The molecule has 2 aromatic carbocycles. The number of anilines is 1. The molecule has 1 aliphatic rings. The van der Waals surface area contributed by atoms with E-state index in [1.54, 1.807) is 30.3 Å². The second kappa shape index (κ2) is 7.05. The highest BCUT2D eigenvalue weighted by Crippen LogP contribution is 2.20. The summed E-state index contributed by atoms with van der Waals surface area (Å²) in [7, 11) is 0. The molecular weight excluding hydrogens is 293 g/mol. The summed E-state index contributed by atoms with van der Waals surface area (Å²) in [5.41, 5.74) is 4.40. The van der Waals surface area contributed by atoms with E-state index in [0.29, 0.717) is 11.1 Å². The van der Waals surface area contributed by atoms with Crippen LogP contribution in [0.5, 0.6) is 0 Å². The first-order chi connectivity index (χ1) is 11.2. The van der Waals surface area contributed by atoms with Crippen molar-refractivity contribution in [3.05, 3.63) is 65.5 Å². The van der Waals surface area contributed by atoms with Gasteiger partial charge < -0.3 is 4.90 Å². The summed E-state index contributed by atoms with van der Waals surface area (Å²) in [5, 5.41) is 3.80. The Morgan fingerprint density at radius 3 is 2.48 bits per heavy atom. The Bertz CT molecular complexity index is 706. The molecule has 5 heteroatoms. The summed E-state index contributed by atoms with van der Waals surface area (Å²) in [6.45, 7) is 2.14. The number of hydrazone groups is 1. The van der Waals surface area contributed by atoms with Crippen LogP contribution < -0.4 is 10.3 Å². The number of nitrogens with zero attached hydrogens (tertiary/aromatic N) is 2. The van der Waals surface area contributed by atoms with Gasteiger partial charge in [0.25, 0.3) is 5.91 Å². The Kier molecular flexibility index (Phi) is 4.66. The quantitative estimate of drug-likeness (QED) is 0.696. The number of carbonyl (C=O) groups excluding carboxylic acids is 1. The Balaban J connectivity index is 1.61. The van der Waals surface area contributed by atoms with Crippen molar-refractivity contribution in [2.45, 2.75) is 12.8 Å². The maximum Gasteiger partial charge on any atom is 0.271 e. The first-order valence-corrected chi connectivity index (χ1v) is 7.67. The predicted molar refractivity (Wildman–Crippen MR) is 89.3 cm³/mol. The zero-order valence-electron chi connectivity index (χ0n) is 12.7. The van der Waals surface area contributed by atoms with Crippen LogP contribution in [0.2, 0.25) is 0 Å². The van der Waals surface area contributed by atoms with E-state index in [4.69, 9.17) is 0 Å². The zero-order chi connectivity index (χ0) is 16.1. The van der Waals surface area contributed by atoms with E-state index in [0.717, 1.165) is 18.8 Å². The van der Waals surface area contributed by atoms with Crippen molar-refractivity contribution >= 4 is 17.8 Å². The lowest BCUT2D eigenvalue weighted by Gasteiger charge is -2.17. The summed E-state index contributed by atoms with van der Waals surface area (Å²) in [6, 6.07) is 13.7. The van der Waals surface area contributed by atoms with Gasteiger partial charge in [0.1, 0.15) is 5.82 Å². The van der Waals surface area contributed by atoms with Crippen molar-refractivity contribution in [3.8, 4) is 0 Å². The van der Waals surface area contributed by atoms with E-state index >= 15 is 0 Å². The van der Waals surface area contributed by atoms with Gasteiger partial charge in [0, 0.05) is 29.9 Å². The minimum absolute atomic E-state index is 0.314. The first kappa shape index (κ1) is 15.2. The Labute approximate surface area is 134 Å². The molecule has 2 aromatic rings. The molecule has 1 N–H and O–H groups in total. The van der Waals surface area contributed by atoms with Gasteiger partial charge in [0.05, 0.1) is 6.21 Å². The van der Waals surface area contributed by atoms with Gasteiger partial charge in [0.15, 0.2) is 0 Å². The van der Waals surface area contributed by atoms with E-state index in [1.165, 1.54) is 25.1 Å². The number of amides is 1. The summed E-state index contributed by atoms with van der Waals surface area (Å²) >= 11 is 0. The lowest BCUT2D eigenvalue weighted by atomic mass is 10.2. The normalized spacial score (nSPS) is 14.4. The van der Waals surface area contributed by atoms with E-state index in [9.17, 15) is 9.18 Å². The molecule has 0 atom stereocenters. The molecule has 0 aromatic heterocycles. The minimum atomic E-state index is -0.375. The number of hydrogen-bond donors (Lipinski definition) is 1. The van der Waals surface area contributed by atoms with Crippen molar-refractivity contribution in [2.24, 2.45) is 5.10 Å². The molecule has 23 heavy (non-hydrogen) atoms. The molecule has 1 heterocycles. The monoisotopic (exact) mass is 311 g/mol. The summed E-state index contributed by atoms with van der Waals surface area (Å²) in [6.07, 6.45) is 3.73. The van der Waals surface area contributed by atoms with Gasteiger partial charge in [-0.2, -0.15) is 5.10 Å². The van der Waals surface area contributed by atoms with Crippen LogP contribution in [0.4, 0.5) is 10.1 Å². The fourth-order valence-corrected chi connectivity index (χ4v) is 2.60. The van der Waals surface area contributed by atoms with Crippen molar-refractivity contribution in [1.29, 1.82) is 0 Å². The Morgan fingerprint density at radius 1 is 1.09 bits per heavy atom. The lowest BCUT2D eigenvalue weighted by Crippen LogP contribution is -2.19. The number of benzene rings is 2. The number of nitrogens with one attached hydrogen (secondary N) is 1. The van der Waals surface area contributed by atoms with Gasteiger partial charge in [0.2, 0.25) is 0 Å². The van der Waals surface area contributed by atoms with Gasteiger partial charge in [-0.05, 0) is 43.2 Å². The highest BCUT2D eigenvalue weighted by atomic mass is 19.1. The first-order valence-electron chi connectivity index (χ1n) is 7.67. The number of rotatable bonds is 4. The lowest BCUT2D eigenvalue weighted by molar-refractivity contribution is 0.0955. The van der Waals surface area contributed by atoms with Gasteiger partial charge in [-0.15, -0.1) is 0 Å². The second-order valence-electron chi connectivity index (χ2n) is 5.46. The predicted octanol–water partition coefficient (Wildman–Crippen LogP) is 3.19. The van der Waals surface area contributed by atoms with E-state index in [2.05, 4.69) is 15.4 Å². The average Bonchev–Trinajstić information content (AvgIpc) is 3.11. The van der Waals surface area contributed by atoms with Crippen molar-refractivity contribution in [3.63, 3.8) is 0 Å². The molecule has 0 spiro atoms. The number of carbonyl (C=O) groups is 1. The minimum Gasteiger partial charge on any atom is -0.372 e. The molecule has 1 amide bonds. The largest absolute Gasteiger partial charge is 0.372 e. The highest BCUT2D eigenvalue weighted by Gasteiger charge is 2.12. The summed E-state index contributed by atoms with van der Waals surface area (Å²) in [4.78, 5) is 14.3. The smallest absolute Gasteiger partial charge is 0.271 e. The van der Waals surface area contributed by atoms with Crippen LogP contribution >= 0.6 is 0 Å². The standard InChI is InChI=1S/C18H18FN3O/c19-17-6-2-1-5-15(17)13-20-21-18(23)14-7-9-16(10-8-14)22-11-3-4-12-22/h1-2,5-10,13H,3-4,11-12H2,(H,21,23)/b20-13-. The highest BCUT2D eigenvalue weighted by molar-refractivity contribution is 5.95. The van der Waals surface area contributed by atoms with Crippen LogP contribution in [0.15, 0.2) is 53.6 Å². The van der Waals surface area contributed by atoms with Crippen LogP contribution in [0.1, 0.15) is 28.8 Å². The Morgan fingerprint density at radius 2 is 1.78 bits per heavy atom. The van der Waals surface area contributed by atoms with Crippen molar-refractivity contribution in [2.75, 3.05) is 18.0 Å². The zero-order valence-corrected chi connectivity index (χ0v) is 12.7. The molecule has 4 nitrogen and oxygen atoms in total. The topological polar surface area (TPSA) is 44.7 Å². The number of hydrogen-bond acceptors (Lipinski definition) is 3. The van der Waals surface area contributed by atoms with Crippen LogP contribution in [0.25, 0.3) is 0 Å². The summed E-state index contributed by atoms with van der Waals surface area (Å²) < 4.78 is 13.4. The molecule has 1 aliphatic heterocycles. The third-order valence-electron chi connectivity index (χ3n) is 3.88. The van der Waals surface area contributed by atoms with Gasteiger partial charge in [-0.1, -0.05) is 18.2 Å². The third-order valence-corrected chi connectivity index (χ3v) is 3.88. The molecule has 1 fully saturated rings. The fourth-order valence-electron chi connectivity index (χ4n) is 2.60. The van der Waals surface area contributed by atoms with Gasteiger partial charge in [-0.25, -0.2) is 9.82 Å². The summed E-state index contributed by atoms with van der Waals surface area (Å²) in [5.74, 6) is -0.689. The average molecular weight is 311 g/mol. The van der Waals surface area contributed by atoms with E-state index in [1.807, 2.05) is 12.1 Å². The third kappa shape index (κ3) is 3.74. The molecule has 0 saturated carbocycles. The Hall–Kier alpha value is -2.69. The SMILES string of the molecule is O=C(N/N=C\c1ccccc1F)c1ccc(N2CCCC2)cc1. The molecule has 0 radical (unpaired) electrons. The van der Waals surface area contributed by atoms with Crippen LogP contribution in [0.3, 0.4) is 0 Å². The fraction of sp³-hybridized carbons (Fsp3) is 0.222. The molecule has 118 valence electrons. The van der Waals surface area contributed by atoms with Crippen molar-refractivity contribution in [1.82, 2.24) is 5.43 Å². The van der Waals surface area contributed by atoms with E-state index in [-0.39, 0.29) is 11.7 Å². The maximum atomic E-state index is 13.4. The van der Waals surface area contributed by atoms with Crippen LogP contribution in [0, 0.1) is 5.82 Å². The number of halogens is 1. The van der Waals surface area contributed by atoms with Crippen LogP contribution in [-0.4, -0.2) is 25.2 Å². The molecule has 0 unspecified atom stereocenters. The molecule has 0 bridgehead atoms. The molecule has 0 aliphatic carbocycles. The molecule has 1 saturated heterocycles. The molecular formula is C18H18FN3O. The second-order valence-corrected chi connectivity index (χ2v) is 5.46. The van der Waals surface area contributed by atoms with Gasteiger partial charge >= 0.3 is 0 Å².